The molecule has 5 nitrogen and oxygen atoms in total. The summed E-state index contributed by atoms with van der Waals surface area (Å²) in [5.41, 5.74) is 0.962. The van der Waals surface area contributed by atoms with Gasteiger partial charge in [0, 0.05) is 19.5 Å². The number of likely N-dealkylation sites (tertiary alicyclic amines) is 1. The Balaban J connectivity index is 1.55. The van der Waals surface area contributed by atoms with E-state index in [1.54, 1.807) is 4.90 Å². The molecule has 0 N–H and O–H groups in total. The van der Waals surface area contributed by atoms with Crippen molar-refractivity contribution in [1.82, 2.24) is 4.90 Å². The van der Waals surface area contributed by atoms with Crippen molar-refractivity contribution >= 4 is 15.7 Å². The minimum atomic E-state index is -3.55. The summed E-state index contributed by atoms with van der Waals surface area (Å²) in [5.74, 6) is 0.215. The highest BCUT2D eigenvalue weighted by molar-refractivity contribution is 7.92. The van der Waals surface area contributed by atoms with E-state index in [1.807, 2.05) is 31.2 Å². The number of carbonyl (C=O) groups excluding carboxylic acids is 1. The first-order valence-corrected chi connectivity index (χ1v) is 10.4. The number of sulfone groups is 1. The van der Waals surface area contributed by atoms with Crippen LogP contribution < -0.4 is 4.74 Å². The average molecular weight is 391 g/mol. The van der Waals surface area contributed by atoms with E-state index in [9.17, 15) is 17.6 Å². The molecule has 27 heavy (non-hydrogen) atoms. The fourth-order valence-corrected chi connectivity index (χ4v) is 4.71. The van der Waals surface area contributed by atoms with Crippen molar-refractivity contribution in [1.29, 1.82) is 0 Å². The number of para-hydroxylation sites is 1. The van der Waals surface area contributed by atoms with Gasteiger partial charge in [-0.3, -0.25) is 4.79 Å². The third kappa shape index (κ3) is 4.30. The van der Waals surface area contributed by atoms with Crippen LogP contribution in [-0.4, -0.2) is 44.2 Å². The summed E-state index contributed by atoms with van der Waals surface area (Å²) in [4.78, 5) is 14.0. The molecule has 1 heterocycles. The number of halogens is 1. The second-order valence-electron chi connectivity index (χ2n) is 6.46. The van der Waals surface area contributed by atoms with Crippen LogP contribution in [-0.2, 0) is 21.1 Å². The molecule has 2 aromatic carbocycles. The number of hydrogen-bond donors (Lipinski definition) is 0. The number of amides is 1. The number of nitrogens with zero attached hydrogens (tertiary/aromatic N) is 1. The molecule has 7 heteroatoms. The third-order valence-corrected chi connectivity index (χ3v) is 6.77. The zero-order valence-corrected chi connectivity index (χ0v) is 15.9. The summed E-state index contributed by atoms with van der Waals surface area (Å²) < 4.78 is 43.6. The van der Waals surface area contributed by atoms with E-state index in [1.165, 1.54) is 12.1 Å². The second-order valence-corrected chi connectivity index (χ2v) is 8.69. The first-order valence-electron chi connectivity index (χ1n) is 8.89. The minimum absolute atomic E-state index is 0.0770. The Morgan fingerprint density at radius 3 is 2.48 bits per heavy atom. The Morgan fingerprint density at radius 1 is 1.15 bits per heavy atom. The Hall–Kier alpha value is -2.41. The van der Waals surface area contributed by atoms with Crippen LogP contribution in [0.25, 0.3) is 0 Å². The Kier molecular flexibility index (Phi) is 5.79. The fourth-order valence-electron chi connectivity index (χ4n) is 3.06. The predicted molar refractivity (Wildman–Crippen MR) is 99.9 cm³/mol. The number of rotatable bonds is 7. The average Bonchev–Trinajstić information content (AvgIpc) is 2.60. The smallest absolute Gasteiger partial charge is 0.222 e. The molecular formula is C20H22FNO4S. The standard InChI is InChI=1S/C20H22FNO4S/c1-2-26-19-6-4-3-5-15(19)7-12-20(23)22-13-18(14-22)27(24,25)17-10-8-16(21)9-11-17/h3-6,8-11,18H,2,7,12-14H2,1H3. The maximum absolute atomic E-state index is 13.0. The molecule has 0 spiro atoms. The Bertz CT molecular complexity index is 906. The van der Waals surface area contributed by atoms with Gasteiger partial charge in [0.05, 0.1) is 11.5 Å². The van der Waals surface area contributed by atoms with Crippen molar-refractivity contribution in [3.8, 4) is 5.75 Å². The van der Waals surface area contributed by atoms with Crippen molar-refractivity contribution in [3.05, 3.63) is 59.9 Å². The lowest BCUT2D eigenvalue weighted by atomic mass is 10.1. The van der Waals surface area contributed by atoms with Gasteiger partial charge in [-0.05, 0) is 49.2 Å². The summed E-state index contributed by atoms with van der Waals surface area (Å²) in [7, 11) is -3.55. The highest BCUT2D eigenvalue weighted by Gasteiger charge is 2.40. The zero-order valence-electron chi connectivity index (χ0n) is 15.1. The lowest BCUT2D eigenvalue weighted by Gasteiger charge is -2.38. The lowest BCUT2D eigenvalue weighted by molar-refractivity contribution is -0.134. The van der Waals surface area contributed by atoms with Crippen LogP contribution in [0.4, 0.5) is 4.39 Å². The van der Waals surface area contributed by atoms with Crippen molar-refractivity contribution in [2.45, 2.75) is 29.9 Å². The molecule has 2 aromatic rings. The maximum atomic E-state index is 13.0. The molecule has 3 rings (SSSR count). The molecule has 0 bridgehead atoms. The largest absolute Gasteiger partial charge is 0.494 e. The van der Waals surface area contributed by atoms with Crippen LogP contribution in [0.15, 0.2) is 53.4 Å². The Labute approximate surface area is 158 Å². The summed E-state index contributed by atoms with van der Waals surface area (Å²) in [5, 5.41) is -0.636. The van der Waals surface area contributed by atoms with Gasteiger partial charge in [-0.25, -0.2) is 12.8 Å². The zero-order chi connectivity index (χ0) is 19.4. The molecule has 1 amide bonds. The predicted octanol–water partition coefficient (Wildman–Crippen LogP) is 2.84. The van der Waals surface area contributed by atoms with Gasteiger partial charge in [-0.2, -0.15) is 0 Å². The fraction of sp³-hybridized carbons (Fsp3) is 0.350. The van der Waals surface area contributed by atoms with E-state index in [0.717, 1.165) is 23.4 Å². The van der Waals surface area contributed by atoms with Crippen LogP contribution in [0, 0.1) is 5.82 Å². The van der Waals surface area contributed by atoms with Gasteiger partial charge in [0.15, 0.2) is 9.84 Å². The number of aryl methyl sites for hydroxylation is 1. The number of ether oxygens (including phenoxy) is 1. The molecule has 1 aliphatic heterocycles. The van der Waals surface area contributed by atoms with Gasteiger partial charge < -0.3 is 9.64 Å². The van der Waals surface area contributed by atoms with E-state index in [4.69, 9.17) is 4.74 Å². The summed E-state index contributed by atoms with van der Waals surface area (Å²) in [6, 6.07) is 12.4. The van der Waals surface area contributed by atoms with Crippen molar-refractivity contribution in [2.24, 2.45) is 0 Å². The highest BCUT2D eigenvalue weighted by Crippen LogP contribution is 2.25. The number of hydrogen-bond acceptors (Lipinski definition) is 4. The van der Waals surface area contributed by atoms with Gasteiger partial charge >= 0.3 is 0 Å². The first kappa shape index (κ1) is 19.4. The van der Waals surface area contributed by atoms with E-state index >= 15 is 0 Å². The van der Waals surface area contributed by atoms with Gasteiger partial charge in [-0.15, -0.1) is 0 Å². The molecule has 0 aliphatic carbocycles. The first-order chi connectivity index (χ1) is 12.9. The molecule has 1 aliphatic rings. The van der Waals surface area contributed by atoms with E-state index in [-0.39, 0.29) is 23.9 Å². The van der Waals surface area contributed by atoms with Gasteiger partial charge in [0.1, 0.15) is 16.8 Å². The minimum Gasteiger partial charge on any atom is -0.494 e. The lowest BCUT2D eigenvalue weighted by Crippen LogP contribution is -2.56. The van der Waals surface area contributed by atoms with Gasteiger partial charge in [0.25, 0.3) is 0 Å². The van der Waals surface area contributed by atoms with Crippen molar-refractivity contribution in [2.75, 3.05) is 19.7 Å². The van der Waals surface area contributed by atoms with Crippen LogP contribution in [0.1, 0.15) is 18.9 Å². The topological polar surface area (TPSA) is 63.7 Å². The molecule has 0 atom stereocenters. The third-order valence-electron chi connectivity index (χ3n) is 4.66. The van der Waals surface area contributed by atoms with Crippen LogP contribution >= 0.6 is 0 Å². The monoisotopic (exact) mass is 391 g/mol. The maximum Gasteiger partial charge on any atom is 0.222 e. The van der Waals surface area contributed by atoms with E-state index in [0.29, 0.717) is 19.4 Å². The van der Waals surface area contributed by atoms with Crippen molar-refractivity contribution < 1.29 is 22.3 Å². The molecule has 0 aromatic heterocycles. The normalized spacial score (nSPS) is 14.7. The molecule has 1 fully saturated rings. The molecule has 0 radical (unpaired) electrons. The van der Waals surface area contributed by atoms with Crippen LogP contribution in [0.5, 0.6) is 5.75 Å². The summed E-state index contributed by atoms with van der Waals surface area (Å²) in [6.07, 6.45) is 0.842. The van der Waals surface area contributed by atoms with Gasteiger partial charge in [-0.1, -0.05) is 18.2 Å². The quantitative estimate of drug-likeness (QED) is 0.681. The molecule has 144 valence electrons. The van der Waals surface area contributed by atoms with Crippen LogP contribution in [0.3, 0.4) is 0 Å². The number of carbonyl (C=O) groups is 1. The second kappa shape index (κ2) is 8.08. The molecule has 0 unspecified atom stereocenters. The van der Waals surface area contributed by atoms with Crippen molar-refractivity contribution in [3.63, 3.8) is 0 Å². The molecular weight excluding hydrogens is 369 g/mol. The van der Waals surface area contributed by atoms with E-state index < -0.39 is 20.9 Å². The Morgan fingerprint density at radius 2 is 1.81 bits per heavy atom. The highest BCUT2D eigenvalue weighted by atomic mass is 32.2. The SMILES string of the molecule is CCOc1ccccc1CCC(=O)N1CC(S(=O)(=O)c2ccc(F)cc2)C1. The molecule has 0 saturated carbocycles. The van der Waals surface area contributed by atoms with E-state index in [2.05, 4.69) is 0 Å². The van der Waals surface area contributed by atoms with Gasteiger partial charge in [0.2, 0.25) is 5.91 Å². The number of benzene rings is 2. The van der Waals surface area contributed by atoms with Crippen LogP contribution in [0.2, 0.25) is 0 Å². The molecule has 1 saturated heterocycles. The summed E-state index contributed by atoms with van der Waals surface area (Å²) in [6.45, 7) is 2.81. The summed E-state index contributed by atoms with van der Waals surface area (Å²) >= 11 is 0.